The second kappa shape index (κ2) is 5.83. The first-order valence-electron chi connectivity index (χ1n) is 6.22. The number of rotatable bonds is 4. The van der Waals surface area contributed by atoms with Gasteiger partial charge in [0.1, 0.15) is 0 Å². The van der Waals surface area contributed by atoms with Crippen molar-refractivity contribution in [3.63, 3.8) is 0 Å². The molecule has 1 fully saturated rings. The summed E-state index contributed by atoms with van der Waals surface area (Å²) in [6.07, 6.45) is 0. The van der Waals surface area contributed by atoms with Crippen LogP contribution in [0.1, 0.15) is 27.7 Å². The summed E-state index contributed by atoms with van der Waals surface area (Å²) in [6, 6.07) is 1.02. The SMILES string of the molecule is CC(C)[C@@H](N)CN1CCN(C(C)C)CC1. The van der Waals surface area contributed by atoms with E-state index in [1.54, 1.807) is 0 Å². The van der Waals surface area contributed by atoms with E-state index in [2.05, 4.69) is 37.5 Å². The van der Waals surface area contributed by atoms with E-state index in [4.69, 9.17) is 5.73 Å². The van der Waals surface area contributed by atoms with Crippen LogP contribution < -0.4 is 5.73 Å². The van der Waals surface area contributed by atoms with Crippen LogP contribution in [0.2, 0.25) is 0 Å². The van der Waals surface area contributed by atoms with Gasteiger partial charge in [-0.25, -0.2) is 0 Å². The van der Waals surface area contributed by atoms with Crippen LogP contribution in [-0.4, -0.2) is 54.6 Å². The fourth-order valence-electron chi connectivity index (χ4n) is 1.97. The number of piperazine rings is 1. The number of hydrogen-bond donors (Lipinski definition) is 1. The van der Waals surface area contributed by atoms with E-state index in [-0.39, 0.29) is 0 Å². The van der Waals surface area contributed by atoms with Gasteiger partial charge in [0, 0.05) is 44.8 Å². The van der Waals surface area contributed by atoms with Gasteiger partial charge in [-0.05, 0) is 19.8 Å². The topological polar surface area (TPSA) is 32.5 Å². The zero-order valence-corrected chi connectivity index (χ0v) is 10.7. The predicted octanol–water partition coefficient (Wildman–Crippen LogP) is 0.996. The first-order valence-corrected chi connectivity index (χ1v) is 6.22. The summed E-state index contributed by atoms with van der Waals surface area (Å²) in [4.78, 5) is 5.04. The van der Waals surface area contributed by atoms with E-state index in [1.807, 2.05) is 0 Å². The summed E-state index contributed by atoms with van der Waals surface area (Å²) in [6.45, 7) is 14.8. The minimum absolute atomic E-state index is 0.329. The maximum atomic E-state index is 6.09. The molecular formula is C12H27N3. The fraction of sp³-hybridized carbons (Fsp3) is 1.00. The molecule has 0 bridgehead atoms. The third-order valence-corrected chi connectivity index (χ3v) is 3.46. The third-order valence-electron chi connectivity index (χ3n) is 3.46. The first-order chi connectivity index (χ1) is 7.00. The molecule has 2 N–H and O–H groups in total. The van der Waals surface area contributed by atoms with Crippen LogP contribution in [0.3, 0.4) is 0 Å². The van der Waals surface area contributed by atoms with E-state index in [1.165, 1.54) is 26.2 Å². The zero-order chi connectivity index (χ0) is 11.4. The van der Waals surface area contributed by atoms with Gasteiger partial charge in [0.15, 0.2) is 0 Å². The molecule has 0 aliphatic carbocycles. The normalized spacial score (nSPS) is 22.6. The molecule has 1 rings (SSSR count). The predicted molar refractivity (Wildman–Crippen MR) is 66.0 cm³/mol. The molecule has 1 atom stereocenters. The summed E-state index contributed by atoms with van der Waals surface area (Å²) in [5.74, 6) is 0.591. The van der Waals surface area contributed by atoms with Crippen LogP contribution in [0.5, 0.6) is 0 Å². The highest BCUT2D eigenvalue weighted by Crippen LogP contribution is 2.08. The van der Waals surface area contributed by atoms with Gasteiger partial charge in [-0.2, -0.15) is 0 Å². The Morgan fingerprint density at radius 3 is 1.93 bits per heavy atom. The summed E-state index contributed by atoms with van der Waals surface area (Å²) in [7, 11) is 0. The second-order valence-electron chi connectivity index (χ2n) is 5.34. The zero-order valence-electron chi connectivity index (χ0n) is 10.7. The van der Waals surface area contributed by atoms with Crippen LogP contribution in [0.4, 0.5) is 0 Å². The van der Waals surface area contributed by atoms with E-state index < -0.39 is 0 Å². The largest absolute Gasteiger partial charge is 0.326 e. The lowest BCUT2D eigenvalue weighted by Gasteiger charge is -2.38. The van der Waals surface area contributed by atoms with Gasteiger partial charge in [-0.1, -0.05) is 13.8 Å². The van der Waals surface area contributed by atoms with Crippen molar-refractivity contribution in [2.45, 2.75) is 39.8 Å². The molecule has 0 amide bonds. The standard InChI is InChI=1S/C12H27N3/c1-10(2)12(13)9-14-5-7-15(8-6-14)11(3)4/h10-12H,5-9,13H2,1-4H3/t12-/m0/s1. The molecule has 0 aromatic carbocycles. The van der Waals surface area contributed by atoms with Crippen molar-refractivity contribution in [2.75, 3.05) is 32.7 Å². The van der Waals surface area contributed by atoms with Crippen molar-refractivity contribution < 1.29 is 0 Å². The highest BCUT2D eigenvalue weighted by Gasteiger charge is 2.20. The molecule has 3 heteroatoms. The average Bonchev–Trinajstić information content (AvgIpc) is 2.18. The lowest BCUT2D eigenvalue weighted by Crippen LogP contribution is -2.52. The maximum absolute atomic E-state index is 6.09. The molecule has 0 radical (unpaired) electrons. The summed E-state index contributed by atoms with van der Waals surface area (Å²) in [5.41, 5.74) is 6.09. The van der Waals surface area contributed by atoms with Gasteiger partial charge in [0.2, 0.25) is 0 Å². The van der Waals surface area contributed by atoms with Crippen LogP contribution in [0.25, 0.3) is 0 Å². The molecule has 1 heterocycles. The second-order valence-corrected chi connectivity index (χ2v) is 5.34. The maximum Gasteiger partial charge on any atom is 0.0191 e. The van der Waals surface area contributed by atoms with Crippen LogP contribution in [0, 0.1) is 5.92 Å². The number of nitrogens with zero attached hydrogens (tertiary/aromatic N) is 2. The van der Waals surface area contributed by atoms with Crippen molar-refractivity contribution in [2.24, 2.45) is 11.7 Å². The molecule has 1 aliphatic heterocycles. The number of hydrogen-bond acceptors (Lipinski definition) is 3. The third kappa shape index (κ3) is 4.09. The Kier molecular flexibility index (Phi) is 5.03. The summed E-state index contributed by atoms with van der Waals surface area (Å²) < 4.78 is 0. The Labute approximate surface area is 94.6 Å². The average molecular weight is 213 g/mol. The van der Waals surface area contributed by atoms with Gasteiger partial charge in [0.05, 0.1) is 0 Å². The Hall–Kier alpha value is -0.120. The highest BCUT2D eigenvalue weighted by molar-refractivity contribution is 4.78. The number of nitrogens with two attached hydrogens (primary N) is 1. The molecule has 3 nitrogen and oxygen atoms in total. The monoisotopic (exact) mass is 213 g/mol. The molecule has 0 saturated carbocycles. The van der Waals surface area contributed by atoms with Crippen molar-refractivity contribution in [1.82, 2.24) is 9.80 Å². The minimum atomic E-state index is 0.329. The smallest absolute Gasteiger partial charge is 0.0191 e. The lowest BCUT2D eigenvalue weighted by molar-refractivity contribution is 0.101. The van der Waals surface area contributed by atoms with Crippen molar-refractivity contribution in [3.05, 3.63) is 0 Å². The Bertz CT molecular complexity index is 172. The van der Waals surface area contributed by atoms with Crippen molar-refractivity contribution in [3.8, 4) is 0 Å². The fourth-order valence-corrected chi connectivity index (χ4v) is 1.97. The van der Waals surface area contributed by atoms with Crippen LogP contribution in [0.15, 0.2) is 0 Å². The lowest BCUT2D eigenvalue weighted by atomic mass is 10.0. The van der Waals surface area contributed by atoms with Gasteiger partial charge >= 0.3 is 0 Å². The molecular weight excluding hydrogens is 186 g/mol. The Balaban J connectivity index is 2.25. The van der Waals surface area contributed by atoms with Gasteiger partial charge in [0.25, 0.3) is 0 Å². The van der Waals surface area contributed by atoms with E-state index >= 15 is 0 Å². The first kappa shape index (κ1) is 12.9. The van der Waals surface area contributed by atoms with E-state index in [0.29, 0.717) is 18.0 Å². The Morgan fingerprint density at radius 1 is 1.00 bits per heavy atom. The van der Waals surface area contributed by atoms with Gasteiger partial charge in [-0.3, -0.25) is 9.80 Å². The van der Waals surface area contributed by atoms with Crippen LogP contribution >= 0.6 is 0 Å². The molecule has 90 valence electrons. The molecule has 1 saturated heterocycles. The van der Waals surface area contributed by atoms with E-state index in [9.17, 15) is 0 Å². The van der Waals surface area contributed by atoms with E-state index in [0.717, 1.165) is 6.54 Å². The van der Waals surface area contributed by atoms with Crippen molar-refractivity contribution in [1.29, 1.82) is 0 Å². The van der Waals surface area contributed by atoms with Crippen molar-refractivity contribution >= 4 is 0 Å². The van der Waals surface area contributed by atoms with Crippen LogP contribution in [-0.2, 0) is 0 Å². The quantitative estimate of drug-likeness (QED) is 0.756. The summed E-state index contributed by atoms with van der Waals surface area (Å²) >= 11 is 0. The molecule has 0 unspecified atom stereocenters. The van der Waals surface area contributed by atoms with Gasteiger partial charge < -0.3 is 5.73 Å². The molecule has 0 spiro atoms. The summed E-state index contributed by atoms with van der Waals surface area (Å²) in [5, 5.41) is 0. The Morgan fingerprint density at radius 2 is 1.53 bits per heavy atom. The molecule has 15 heavy (non-hydrogen) atoms. The molecule has 1 aliphatic rings. The molecule has 0 aromatic rings. The van der Waals surface area contributed by atoms with Gasteiger partial charge in [-0.15, -0.1) is 0 Å². The molecule has 0 aromatic heterocycles. The highest BCUT2D eigenvalue weighted by atomic mass is 15.3. The minimum Gasteiger partial charge on any atom is -0.326 e.